The van der Waals surface area contributed by atoms with E-state index in [4.69, 9.17) is 11.6 Å². The number of benzene rings is 1. The molecular weight excluding hydrogens is 310 g/mol. The average Bonchev–Trinajstić information content (AvgIpc) is 2.56. The van der Waals surface area contributed by atoms with Crippen LogP contribution in [0, 0.1) is 5.92 Å². The van der Waals surface area contributed by atoms with Gasteiger partial charge in [0, 0.05) is 24.5 Å². The van der Waals surface area contributed by atoms with Gasteiger partial charge in [-0.3, -0.25) is 9.69 Å². The fourth-order valence-electron chi connectivity index (χ4n) is 2.99. The van der Waals surface area contributed by atoms with Crippen LogP contribution in [0.2, 0.25) is 5.02 Å². The number of hydrogen-bond acceptors (Lipinski definition) is 3. The van der Waals surface area contributed by atoms with Gasteiger partial charge in [-0.1, -0.05) is 29.8 Å². The predicted molar refractivity (Wildman–Crippen MR) is 95.6 cm³/mol. The average molecular weight is 338 g/mol. The Kier molecular flexibility index (Phi) is 7.86. The van der Waals surface area contributed by atoms with Crippen LogP contribution in [0.15, 0.2) is 24.3 Å². The molecule has 128 valence electrons. The van der Waals surface area contributed by atoms with Gasteiger partial charge in [-0.05, 0) is 63.5 Å². The van der Waals surface area contributed by atoms with E-state index >= 15 is 0 Å². The molecule has 0 atom stereocenters. The van der Waals surface area contributed by atoms with Crippen molar-refractivity contribution in [1.29, 1.82) is 0 Å². The molecule has 0 unspecified atom stereocenters. The lowest BCUT2D eigenvalue weighted by molar-refractivity contribution is -0.121. The molecule has 2 rings (SSSR count). The van der Waals surface area contributed by atoms with E-state index in [2.05, 4.69) is 21.6 Å². The van der Waals surface area contributed by atoms with Crippen LogP contribution in [0.25, 0.3) is 0 Å². The van der Waals surface area contributed by atoms with Crippen molar-refractivity contribution in [1.82, 2.24) is 15.5 Å². The van der Waals surface area contributed by atoms with Gasteiger partial charge in [0.25, 0.3) is 0 Å². The largest absolute Gasteiger partial charge is 0.356 e. The molecule has 1 aliphatic heterocycles. The summed E-state index contributed by atoms with van der Waals surface area (Å²) in [5.74, 6) is 0.782. The molecule has 0 aliphatic carbocycles. The molecule has 0 saturated carbocycles. The van der Waals surface area contributed by atoms with Crippen LogP contribution in [0.3, 0.4) is 0 Å². The Balaban J connectivity index is 1.64. The third kappa shape index (κ3) is 6.50. The zero-order valence-electron chi connectivity index (χ0n) is 14.0. The van der Waals surface area contributed by atoms with E-state index in [1.165, 1.54) is 5.56 Å². The highest BCUT2D eigenvalue weighted by Crippen LogP contribution is 2.21. The lowest BCUT2D eigenvalue weighted by atomic mass is 9.96. The number of amides is 1. The number of carbonyl (C=O) groups is 1. The smallest absolute Gasteiger partial charge is 0.220 e. The Hall–Kier alpha value is -1.10. The van der Waals surface area contributed by atoms with Gasteiger partial charge in [-0.2, -0.15) is 0 Å². The van der Waals surface area contributed by atoms with Crippen molar-refractivity contribution in [2.75, 3.05) is 33.2 Å². The zero-order chi connectivity index (χ0) is 16.5. The van der Waals surface area contributed by atoms with Crippen molar-refractivity contribution >= 4 is 17.5 Å². The Morgan fingerprint density at radius 3 is 2.74 bits per heavy atom. The summed E-state index contributed by atoms with van der Waals surface area (Å²) >= 11 is 6.23. The van der Waals surface area contributed by atoms with Crippen LogP contribution in [0.4, 0.5) is 0 Å². The molecule has 23 heavy (non-hydrogen) atoms. The minimum absolute atomic E-state index is 0.179. The standard InChI is InChI=1S/C18H28ClN3O/c1-20-10-4-7-18(23)21-13-15-8-11-22(12-9-15)14-16-5-2-3-6-17(16)19/h2-3,5-6,15,20H,4,7-14H2,1H3,(H,21,23). The van der Waals surface area contributed by atoms with Gasteiger partial charge in [0.05, 0.1) is 0 Å². The summed E-state index contributed by atoms with van der Waals surface area (Å²) in [7, 11) is 1.91. The van der Waals surface area contributed by atoms with Crippen molar-refractivity contribution in [3.8, 4) is 0 Å². The molecule has 0 aromatic heterocycles. The number of hydrogen-bond donors (Lipinski definition) is 2. The monoisotopic (exact) mass is 337 g/mol. The Morgan fingerprint density at radius 2 is 2.04 bits per heavy atom. The molecule has 1 aromatic carbocycles. The zero-order valence-corrected chi connectivity index (χ0v) is 14.7. The minimum Gasteiger partial charge on any atom is -0.356 e. The van der Waals surface area contributed by atoms with Crippen molar-refractivity contribution in [2.24, 2.45) is 5.92 Å². The summed E-state index contributed by atoms with van der Waals surface area (Å²) in [6, 6.07) is 8.06. The number of nitrogens with zero attached hydrogens (tertiary/aromatic N) is 1. The summed E-state index contributed by atoms with van der Waals surface area (Å²) in [5.41, 5.74) is 1.20. The first kappa shape index (κ1) is 18.2. The number of likely N-dealkylation sites (tertiary alicyclic amines) is 1. The number of rotatable bonds is 8. The highest BCUT2D eigenvalue weighted by molar-refractivity contribution is 6.31. The van der Waals surface area contributed by atoms with Gasteiger partial charge >= 0.3 is 0 Å². The molecule has 1 saturated heterocycles. The maximum atomic E-state index is 11.7. The quantitative estimate of drug-likeness (QED) is 0.717. The Labute approximate surface area is 144 Å². The van der Waals surface area contributed by atoms with Crippen LogP contribution < -0.4 is 10.6 Å². The highest BCUT2D eigenvalue weighted by Gasteiger charge is 2.20. The van der Waals surface area contributed by atoms with Gasteiger partial charge in [-0.15, -0.1) is 0 Å². The molecule has 0 spiro atoms. The lowest BCUT2D eigenvalue weighted by Crippen LogP contribution is -2.38. The van der Waals surface area contributed by atoms with Crippen LogP contribution >= 0.6 is 11.6 Å². The SMILES string of the molecule is CNCCCC(=O)NCC1CCN(Cc2ccccc2Cl)CC1. The molecule has 0 bridgehead atoms. The van der Waals surface area contributed by atoms with Gasteiger partial charge in [0.2, 0.25) is 5.91 Å². The normalized spacial score (nSPS) is 16.4. The number of nitrogens with one attached hydrogen (secondary N) is 2. The van der Waals surface area contributed by atoms with E-state index in [-0.39, 0.29) is 5.91 Å². The van der Waals surface area contributed by atoms with E-state index in [1.807, 2.05) is 25.2 Å². The predicted octanol–water partition coefficient (Wildman–Crippen LogP) is 2.67. The van der Waals surface area contributed by atoms with Crippen molar-refractivity contribution in [3.63, 3.8) is 0 Å². The Morgan fingerprint density at radius 1 is 1.30 bits per heavy atom. The van der Waals surface area contributed by atoms with Gasteiger partial charge in [0.1, 0.15) is 0 Å². The van der Waals surface area contributed by atoms with Crippen LogP contribution in [-0.2, 0) is 11.3 Å². The van der Waals surface area contributed by atoms with E-state index in [1.54, 1.807) is 0 Å². The maximum Gasteiger partial charge on any atom is 0.220 e. The fraction of sp³-hybridized carbons (Fsp3) is 0.611. The first-order chi connectivity index (χ1) is 11.2. The summed E-state index contributed by atoms with van der Waals surface area (Å²) in [5, 5.41) is 6.99. The number of piperidine rings is 1. The van der Waals surface area contributed by atoms with Crippen molar-refractivity contribution in [3.05, 3.63) is 34.9 Å². The molecule has 2 N–H and O–H groups in total. The summed E-state index contributed by atoms with van der Waals surface area (Å²) in [6.07, 6.45) is 3.80. The van der Waals surface area contributed by atoms with Crippen LogP contribution in [0.5, 0.6) is 0 Å². The second-order valence-corrected chi connectivity index (χ2v) is 6.73. The van der Waals surface area contributed by atoms with Gasteiger partial charge in [-0.25, -0.2) is 0 Å². The number of halogens is 1. The highest BCUT2D eigenvalue weighted by atomic mass is 35.5. The third-order valence-corrected chi connectivity index (χ3v) is 4.85. The minimum atomic E-state index is 0.179. The molecule has 1 aliphatic rings. The van der Waals surface area contributed by atoms with Crippen molar-refractivity contribution in [2.45, 2.75) is 32.2 Å². The van der Waals surface area contributed by atoms with E-state index in [9.17, 15) is 4.79 Å². The van der Waals surface area contributed by atoms with Gasteiger partial charge < -0.3 is 10.6 Å². The summed E-state index contributed by atoms with van der Waals surface area (Å²) < 4.78 is 0. The van der Waals surface area contributed by atoms with E-state index < -0.39 is 0 Å². The molecule has 1 amide bonds. The first-order valence-electron chi connectivity index (χ1n) is 8.56. The molecule has 4 nitrogen and oxygen atoms in total. The molecule has 1 fully saturated rings. The molecule has 0 radical (unpaired) electrons. The van der Waals surface area contributed by atoms with E-state index in [0.29, 0.717) is 12.3 Å². The third-order valence-electron chi connectivity index (χ3n) is 4.48. The summed E-state index contributed by atoms with van der Waals surface area (Å²) in [4.78, 5) is 14.2. The molecular formula is C18H28ClN3O. The fourth-order valence-corrected chi connectivity index (χ4v) is 3.18. The molecule has 1 heterocycles. The molecule has 1 aromatic rings. The number of carbonyl (C=O) groups excluding carboxylic acids is 1. The van der Waals surface area contributed by atoms with Crippen LogP contribution in [-0.4, -0.2) is 44.0 Å². The lowest BCUT2D eigenvalue weighted by Gasteiger charge is -2.32. The maximum absolute atomic E-state index is 11.7. The molecule has 5 heteroatoms. The summed E-state index contributed by atoms with van der Waals surface area (Å²) in [6.45, 7) is 4.78. The second-order valence-electron chi connectivity index (χ2n) is 6.32. The van der Waals surface area contributed by atoms with Crippen LogP contribution in [0.1, 0.15) is 31.2 Å². The van der Waals surface area contributed by atoms with Gasteiger partial charge in [0.15, 0.2) is 0 Å². The second kappa shape index (κ2) is 9.91. The topological polar surface area (TPSA) is 44.4 Å². The van der Waals surface area contributed by atoms with E-state index in [0.717, 1.165) is 57.0 Å². The Bertz CT molecular complexity index is 487. The van der Waals surface area contributed by atoms with Crippen molar-refractivity contribution < 1.29 is 4.79 Å². The first-order valence-corrected chi connectivity index (χ1v) is 8.94.